The highest BCUT2D eigenvalue weighted by Crippen LogP contribution is 2.65. The summed E-state index contributed by atoms with van der Waals surface area (Å²) in [5, 5.41) is 6.71. The Bertz CT molecular complexity index is 1520. The van der Waals surface area contributed by atoms with E-state index in [-0.39, 0.29) is 16.3 Å². The average Bonchev–Trinajstić information content (AvgIpc) is 3.11. The molecule has 3 N–H and O–H groups in total. The van der Waals surface area contributed by atoms with E-state index in [1.54, 1.807) is 42.6 Å². The monoisotopic (exact) mass is 583 g/mol. The number of carbonyl (C=O) groups excluding carboxylic acids is 2. The Labute approximate surface area is 229 Å². The topological polar surface area (TPSA) is 74.0 Å². The summed E-state index contributed by atoms with van der Waals surface area (Å²) in [4.78, 5) is 28.8. The van der Waals surface area contributed by atoms with Crippen molar-refractivity contribution in [2.24, 2.45) is 5.92 Å². The van der Waals surface area contributed by atoms with Crippen molar-refractivity contribution in [3.63, 3.8) is 0 Å². The fraction of sp³-hybridized carbons (Fsp3) is 0.120. The highest BCUT2D eigenvalue weighted by atomic mass is 35.5. The van der Waals surface area contributed by atoms with E-state index in [2.05, 4.69) is 15.6 Å². The summed E-state index contributed by atoms with van der Waals surface area (Å²) in [5.41, 5.74) is 1.80. The zero-order chi connectivity index (χ0) is 25.8. The number of benzene rings is 3. The lowest BCUT2D eigenvalue weighted by Gasteiger charge is -2.11. The fourth-order valence-corrected chi connectivity index (χ4v) is 5.79. The van der Waals surface area contributed by atoms with E-state index in [1.807, 2.05) is 0 Å². The highest BCUT2D eigenvalue weighted by molar-refractivity contribution is 6.53. The van der Waals surface area contributed by atoms with Crippen molar-refractivity contribution in [1.82, 2.24) is 4.98 Å². The molecule has 1 saturated carbocycles. The van der Waals surface area contributed by atoms with Gasteiger partial charge in [-0.05, 0) is 60.2 Å². The molecule has 1 aliphatic carbocycles. The van der Waals surface area contributed by atoms with E-state index < -0.39 is 33.8 Å². The van der Waals surface area contributed by atoms with Crippen LogP contribution in [0.2, 0.25) is 15.1 Å². The first-order chi connectivity index (χ1) is 17.0. The number of carbonyl (C=O) groups is 2. The molecule has 2 amide bonds. The van der Waals surface area contributed by atoms with Gasteiger partial charge in [0.1, 0.15) is 10.2 Å². The van der Waals surface area contributed by atoms with Crippen LogP contribution in [0.3, 0.4) is 0 Å². The zero-order valence-electron chi connectivity index (χ0n) is 18.0. The van der Waals surface area contributed by atoms with Gasteiger partial charge in [0.05, 0.1) is 22.0 Å². The van der Waals surface area contributed by atoms with Gasteiger partial charge in [-0.1, -0.05) is 34.8 Å². The van der Waals surface area contributed by atoms with Crippen LogP contribution in [0.15, 0.2) is 60.8 Å². The van der Waals surface area contributed by atoms with Gasteiger partial charge in [-0.25, -0.2) is 4.39 Å². The van der Waals surface area contributed by atoms with Gasteiger partial charge in [0.25, 0.3) is 5.91 Å². The number of hydrogen-bond acceptors (Lipinski definition) is 2. The second-order valence-electron chi connectivity index (χ2n) is 8.37. The summed E-state index contributed by atoms with van der Waals surface area (Å²) in [6.07, 6.45) is 1.60. The molecule has 3 aromatic carbocycles. The molecule has 0 unspecified atom stereocenters. The SMILES string of the molecule is O=C(Nc1cc(F)c2cc[nH]c2c1)c1cc(NC(=O)[C@H]2[C@H](c3cc(Cl)cc(Cl)c3)C2(Cl)Cl)ccc1Cl. The molecule has 184 valence electrons. The zero-order valence-corrected chi connectivity index (χ0v) is 21.8. The molecule has 4 aromatic rings. The second kappa shape index (κ2) is 9.43. The van der Waals surface area contributed by atoms with E-state index >= 15 is 0 Å². The number of rotatable bonds is 5. The predicted octanol–water partition coefficient (Wildman–Crippen LogP) is 8.05. The minimum absolute atomic E-state index is 0.0819. The minimum atomic E-state index is -1.36. The predicted molar refractivity (Wildman–Crippen MR) is 143 cm³/mol. The maximum atomic E-state index is 14.3. The van der Waals surface area contributed by atoms with Gasteiger partial charge in [0.15, 0.2) is 0 Å². The molecule has 0 spiro atoms. The van der Waals surface area contributed by atoms with Crippen molar-refractivity contribution in [1.29, 1.82) is 0 Å². The third-order valence-electron chi connectivity index (χ3n) is 5.93. The first kappa shape index (κ1) is 25.2. The number of hydrogen-bond donors (Lipinski definition) is 3. The summed E-state index contributed by atoms with van der Waals surface area (Å²) in [6.45, 7) is 0. The van der Waals surface area contributed by atoms with Crippen LogP contribution in [0.5, 0.6) is 0 Å². The van der Waals surface area contributed by atoms with Crippen LogP contribution in [0, 0.1) is 11.7 Å². The highest BCUT2D eigenvalue weighted by Gasteiger charge is 2.67. The number of H-pyrrole nitrogens is 1. The largest absolute Gasteiger partial charge is 0.361 e. The molecule has 2 atom stereocenters. The Morgan fingerprint density at radius 2 is 1.61 bits per heavy atom. The number of amides is 2. The molecule has 0 aliphatic heterocycles. The smallest absolute Gasteiger partial charge is 0.257 e. The Morgan fingerprint density at radius 1 is 0.889 bits per heavy atom. The molecule has 0 radical (unpaired) electrons. The first-order valence-corrected chi connectivity index (χ1v) is 12.5. The van der Waals surface area contributed by atoms with Crippen LogP contribution in [0.4, 0.5) is 15.8 Å². The summed E-state index contributed by atoms with van der Waals surface area (Å²) in [7, 11) is 0. The lowest BCUT2D eigenvalue weighted by molar-refractivity contribution is -0.117. The Balaban J connectivity index is 1.34. The van der Waals surface area contributed by atoms with Crippen LogP contribution in [-0.2, 0) is 4.79 Å². The van der Waals surface area contributed by atoms with Crippen molar-refractivity contribution < 1.29 is 14.0 Å². The molecule has 5 nitrogen and oxygen atoms in total. The maximum absolute atomic E-state index is 14.3. The normalized spacial score (nSPS) is 18.2. The molecular formula is C25H15Cl5FN3O2. The van der Waals surface area contributed by atoms with Crippen LogP contribution in [0.25, 0.3) is 10.9 Å². The minimum Gasteiger partial charge on any atom is -0.361 e. The Morgan fingerprint density at radius 3 is 2.33 bits per heavy atom. The van der Waals surface area contributed by atoms with Crippen molar-refractivity contribution >= 4 is 92.1 Å². The maximum Gasteiger partial charge on any atom is 0.257 e. The first-order valence-electron chi connectivity index (χ1n) is 10.6. The number of fused-ring (bicyclic) bond motifs is 1. The second-order valence-corrected chi connectivity index (χ2v) is 11.1. The fourth-order valence-electron chi connectivity index (χ4n) is 4.21. The summed E-state index contributed by atoms with van der Waals surface area (Å²) in [5.74, 6) is -2.82. The van der Waals surface area contributed by atoms with Gasteiger partial charge in [-0.3, -0.25) is 9.59 Å². The third-order valence-corrected chi connectivity index (χ3v) is 7.64. The quantitative estimate of drug-likeness (QED) is 0.207. The third kappa shape index (κ3) is 4.76. The Kier molecular flexibility index (Phi) is 6.60. The lowest BCUT2D eigenvalue weighted by atomic mass is 10.1. The summed E-state index contributed by atoms with van der Waals surface area (Å²) >= 11 is 31.2. The molecule has 0 saturated heterocycles. The van der Waals surface area contributed by atoms with Gasteiger partial charge in [-0.2, -0.15) is 0 Å². The molecule has 1 heterocycles. The van der Waals surface area contributed by atoms with E-state index in [1.165, 1.54) is 18.2 Å². The Hall–Kier alpha value is -2.48. The summed E-state index contributed by atoms with van der Waals surface area (Å²) in [6, 6.07) is 13.7. The molecule has 0 bridgehead atoms. The van der Waals surface area contributed by atoms with Crippen LogP contribution in [0.1, 0.15) is 21.8 Å². The number of halogens is 6. The molecule has 1 aromatic heterocycles. The number of aromatic nitrogens is 1. The number of anilines is 2. The van der Waals surface area contributed by atoms with Crippen LogP contribution >= 0.6 is 58.0 Å². The standard InChI is InChI=1S/C25H15Cl5FN3O2/c26-12-5-11(6-13(27)7-12)21-22(25(21,29)30)24(36)33-14-1-2-18(28)17(8-14)23(35)34-15-9-19(31)16-3-4-32-20(16)10-15/h1-10,21-22,32H,(H,33,36)(H,34,35)/t21-,22+/m0/s1. The van der Waals surface area contributed by atoms with E-state index in [0.717, 1.165) is 0 Å². The molecule has 1 aliphatic rings. The number of aromatic amines is 1. The van der Waals surface area contributed by atoms with Gasteiger partial charge in [0.2, 0.25) is 5.91 Å². The van der Waals surface area contributed by atoms with Gasteiger partial charge < -0.3 is 15.6 Å². The van der Waals surface area contributed by atoms with E-state index in [0.29, 0.717) is 32.2 Å². The van der Waals surface area contributed by atoms with Crippen molar-refractivity contribution in [2.75, 3.05) is 10.6 Å². The molecule has 1 fully saturated rings. The average molecular weight is 586 g/mol. The summed E-state index contributed by atoms with van der Waals surface area (Å²) < 4.78 is 12.9. The van der Waals surface area contributed by atoms with Crippen molar-refractivity contribution in [3.8, 4) is 0 Å². The molecule has 36 heavy (non-hydrogen) atoms. The van der Waals surface area contributed by atoms with Crippen LogP contribution in [-0.4, -0.2) is 21.1 Å². The lowest BCUT2D eigenvalue weighted by Crippen LogP contribution is -2.18. The van der Waals surface area contributed by atoms with Gasteiger partial charge >= 0.3 is 0 Å². The van der Waals surface area contributed by atoms with E-state index in [4.69, 9.17) is 58.0 Å². The van der Waals surface area contributed by atoms with Crippen molar-refractivity contribution in [2.45, 2.75) is 10.3 Å². The number of alkyl halides is 2. The molecule has 5 rings (SSSR count). The van der Waals surface area contributed by atoms with Gasteiger partial charge in [0, 0.05) is 38.9 Å². The van der Waals surface area contributed by atoms with E-state index in [9.17, 15) is 14.0 Å². The van der Waals surface area contributed by atoms with Crippen molar-refractivity contribution in [3.05, 3.63) is 92.8 Å². The molecular weight excluding hydrogens is 571 g/mol. The number of nitrogens with one attached hydrogen (secondary N) is 3. The van der Waals surface area contributed by atoms with Crippen LogP contribution < -0.4 is 10.6 Å². The van der Waals surface area contributed by atoms with Gasteiger partial charge in [-0.15, -0.1) is 23.2 Å². The molecule has 11 heteroatoms.